The van der Waals surface area contributed by atoms with Gasteiger partial charge in [0.25, 0.3) is 0 Å². The topological polar surface area (TPSA) is 9.86 Å². The highest BCUT2D eigenvalue weighted by Gasteiger charge is 2.24. The van der Waals surface area contributed by atoms with Gasteiger partial charge in [-0.25, -0.2) is 0 Å². The highest BCUT2D eigenvalue weighted by atomic mass is 15.0. The number of para-hydroxylation sites is 3. The first-order valence-electron chi connectivity index (χ1n) is 22.0. The standard InChI is InChI=1S/C61H38N2/c1-2-13-42(14-3-1)62-58-23-10-8-19-51(58)56-33-38(27-31-60(56)62)39-28-32-61-57(34-39)52-20-9-11-24-59(52)63(61)43-29-25-41-36-54-44(21-12-22-49(54)53(41)37-43)40-26-30-50-47-17-5-4-15-45(47)46-16-6-7-18-48(46)55(50)35-40/h1-35,37H,36H2. The number of hydrogen-bond acceptors (Lipinski definition) is 0. The molecule has 0 N–H and O–H groups in total. The van der Waals surface area contributed by atoms with Gasteiger partial charge in [-0.05, 0) is 150 Å². The van der Waals surface area contributed by atoms with E-state index >= 15 is 0 Å². The Balaban J connectivity index is 0.883. The Bertz CT molecular complexity index is 4020. The molecule has 63 heavy (non-hydrogen) atoms. The minimum absolute atomic E-state index is 0.919. The van der Waals surface area contributed by atoms with E-state index in [0.717, 1.165) is 6.42 Å². The second-order valence-corrected chi connectivity index (χ2v) is 17.2. The van der Waals surface area contributed by atoms with Gasteiger partial charge in [0.2, 0.25) is 0 Å². The van der Waals surface area contributed by atoms with Crippen molar-refractivity contribution >= 4 is 75.9 Å². The molecule has 2 heterocycles. The average molecular weight is 799 g/mol. The first kappa shape index (κ1) is 34.5. The van der Waals surface area contributed by atoms with Gasteiger partial charge in [0, 0.05) is 32.9 Å². The summed E-state index contributed by atoms with van der Waals surface area (Å²) in [7, 11) is 0. The second-order valence-electron chi connectivity index (χ2n) is 17.2. The van der Waals surface area contributed by atoms with Crippen LogP contribution >= 0.6 is 0 Å². The Hall–Kier alpha value is -8.20. The SMILES string of the molecule is c1ccc(-n2c3ccccc3c3cc(-c4ccc5c(c4)c4ccccc4n5-c4ccc5c(c4)-c4cccc(-c6ccc7c8ccccc8c8ccccc8c7c6)c4C5)ccc32)cc1. The smallest absolute Gasteiger partial charge is 0.0541 e. The lowest BCUT2D eigenvalue weighted by molar-refractivity contribution is 1.17. The van der Waals surface area contributed by atoms with Crippen molar-refractivity contribution in [3.63, 3.8) is 0 Å². The van der Waals surface area contributed by atoms with Crippen LogP contribution in [0.1, 0.15) is 11.1 Å². The Morgan fingerprint density at radius 3 is 1.37 bits per heavy atom. The van der Waals surface area contributed by atoms with Crippen molar-refractivity contribution < 1.29 is 0 Å². The molecule has 2 heteroatoms. The van der Waals surface area contributed by atoms with Crippen molar-refractivity contribution in [1.82, 2.24) is 9.13 Å². The van der Waals surface area contributed by atoms with Gasteiger partial charge in [0.15, 0.2) is 0 Å². The Morgan fingerprint density at radius 1 is 0.254 bits per heavy atom. The van der Waals surface area contributed by atoms with E-state index in [4.69, 9.17) is 0 Å². The molecule has 2 aromatic heterocycles. The maximum absolute atomic E-state index is 2.46. The van der Waals surface area contributed by atoms with Gasteiger partial charge in [0.1, 0.15) is 0 Å². The predicted molar refractivity (Wildman–Crippen MR) is 267 cm³/mol. The maximum atomic E-state index is 2.46. The van der Waals surface area contributed by atoms with E-state index in [1.54, 1.807) is 0 Å². The van der Waals surface area contributed by atoms with E-state index in [1.165, 1.54) is 132 Å². The van der Waals surface area contributed by atoms with Crippen molar-refractivity contribution in [3.05, 3.63) is 230 Å². The van der Waals surface area contributed by atoms with Gasteiger partial charge in [-0.3, -0.25) is 0 Å². The largest absolute Gasteiger partial charge is 0.309 e. The summed E-state index contributed by atoms with van der Waals surface area (Å²) in [6.45, 7) is 0. The molecule has 292 valence electrons. The Morgan fingerprint density at radius 2 is 0.730 bits per heavy atom. The molecule has 13 aromatic rings. The molecule has 0 saturated carbocycles. The number of hydrogen-bond donors (Lipinski definition) is 0. The summed E-state index contributed by atoms with van der Waals surface area (Å²) in [6.07, 6.45) is 0.919. The predicted octanol–water partition coefficient (Wildman–Crippen LogP) is 16.2. The van der Waals surface area contributed by atoms with Gasteiger partial charge in [0.05, 0.1) is 22.1 Å². The number of nitrogens with zero attached hydrogens (tertiary/aromatic N) is 2. The zero-order valence-electron chi connectivity index (χ0n) is 34.4. The molecule has 11 aromatic carbocycles. The summed E-state index contributed by atoms with van der Waals surface area (Å²) >= 11 is 0. The zero-order chi connectivity index (χ0) is 41.2. The van der Waals surface area contributed by atoms with Crippen LogP contribution in [0, 0.1) is 0 Å². The summed E-state index contributed by atoms with van der Waals surface area (Å²) in [5, 5.41) is 12.9. The fourth-order valence-corrected chi connectivity index (χ4v) is 11.1. The fourth-order valence-electron chi connectivity index (χ4n) is 11.1. The van der Waals surface area contributed by atoms with Crippen molar-refractivity contribution in [2.24, 2.45) is 0 Å². The summed E-state index contributed by atoms with van der Waals surface area (Å²) in [5.74, 6) is 0. The zero-order valence-corrected chi connectivity index (χ0v) is 34.4. The van der Waals surface area contributed by atoms with Crippen LogP contribution in [0.3, 0.4) is 0 Å². The first-order chi connectivity index (χ1) is 31.2. The molecule has 0 spiro atoms. The molecule has 0 saturated heterocycles. The van der Waals surface area contributed by atoms with Crippen LogP contribution in [0.4, 0.5) is 0 Å². The molecule has 0 amide bonds. The molecular formula is C61H38N2. The van der Waals surface area contributed by atoms with Crippen molar-refractivity contribution in [1.29, 1.82) is 0 Å². The van der Waals surface area contributed by atoms with E-state index in [1.807, 2.05) is 0 Å². The van der Waals surface area contributed by atoms with Crippen molar-refractivity contribution in [2.45, 2.75) is 6.42 Å². The van der Waals surface area contributed by atoms with Gasteiger partial charge < -0.3 is 9.13 Å². The lowest BCUT2D eigenvalue weighted by Gasteiger charge is -2.14. The van der Waals surface area contributed by atoms with Crippen LogP contribution in [0.15, 0.2) is 218 Å². The van der Waals surface area contributed by atoms with Gasteiger partial charge in [-0.2, -0.15) is 0 Å². The second kappa shape index (κ2) is 13.1. The number of aromatic nitrogens is 2. The monoisotopic (exact) mass is 798 g/mol. The molecule has 0 radical (unpaired) electrons. The normalized spacial score (nSPS) is 12.4. The fraction of sp³-hybridized carbons (Fsp3) is 0.0164. The molecule has 0 fully saturated rings. The van der Waals surface area contributed by atoms with Gasteiger partial charge in [-0.1, -0.05) is 152 Å². The highest BCUT2D eigenvalue weighted by molar-refractivity contribution is 6.26. The molecule has 0 atom stereocenters. The molecule has 1 aliphatic rings. The average Bonchev–Trinajstić information content (AvgIpc) is 4.01. The molecule has 0 bridgehead atoms. The lowest BCUT2D eigenvalue weighted by Crippen LogP contribution is -1.95. The van der Waals surface area contributed by atoms with E-state index < -0.39 is 0 Å². The van der Waals surface area contributed by atoms with Crippen LogP contribution < -0.4 is 0 Å². The minimum Gasteiger partial charge on any atom is -0.309 e. The third kappa shape index (κ3) is 5.01. The molecular weight excluding hydrogens is 761 g/mol. The van der Waals surface area contributed by atoms with Crippen LogP contribution in [0.5, 0.6) is 0 Å². The maximum Gasteiger partial charge on any atom is 0.0541 e. The Kier molecular flexibility index (Phi) is 7.20. The van der Waals surface area contributed by atoms with Crippen LogP contribution in [-0.4, -0.2) is 9.13 Å². The van der Waals surface area contributed by atoms with E-state index in [0.29, 0.717) is 0 Å². The van der Waals surface area contributed by atoms with Crippen molar-refractivity contribution in [3.8, 4) is 44.8 Å². The third-order valence-electron chi connectivity index (χ3n) is 13.9. The summed E-state index contributed by atoms with van der Waals surface area (Å²) in [5.41, 5.74) is 17.7. The minimum atomic E-state index is 0.919. The van der Waals surface area contributed by atoms with Gasteiger partial charge in [-0.15, -0.1) is 0 Å². The molecule has 0 aliphatic heterocycles. The van der Waals surface area contributed by atoms with Gasteiger partial charge >= 0.3 is 0 Å². The lowest BCUT2D eigenvalue weighted by atomic mass is 9.90. The molecule has 1 aliphatic carbocycles. The highest BCUT2D eigenvalue weighted by Crippen LogP contribution is 2.45. The van der Waals surface area contributed by atoms with Crippen molar-refractivity contribution in [2.75, 3.05) is 0 Å². The van der Waals surface area contributed by atoms with E-state index in [9.17, 15) is 0 Å². The number of benzene rings is 11. The van der Waals surface area contributed by atoms with E-state index in [-0.39, 0.29) is 0 Å². The summed E-state index contributed by atoms with van der Waals surface area (Å²) in [6, 6.07) is 81.1. The van der Waals surface area contributed by atoms with E-state index in [2.05, 4.69) is 228 Å². The quantitative estimate of drug-likeness (QED) is 0.157. The molecule has 2 nitrogen and oxygen atoms in total. The number of rotatable bonds is 4. The Labute approximate surface area is 364 Å². The van der Waals surface area contributed by atoms with Crippen LogP contribution in [0.25, 0.3) is 121 Å². The van der Waals surface area contributed by atoms with Crippen LogP contribution in [-0.2, 0) is 6.42 Å². The summed E-state index contributed by atoms with van der Waals surface area (Å²) in [4.78, 5) is 0. The van der Waals surface area contributed by atoms with Crippen LogP contribution in [0.2, 0.25) is 0 Å². The number of fused-ring (bicyclic) bond motifs is 15. The molecule has 14 rings (SSSR count). The molecule has 0 unspecified atom stereocenters. The summed E-state index contributed by atoms with van der Waals surface area (Å²) < 4.78 is 4.85. The third-order valence-corrected chi connectivity index (χ3v) is 13.9. The first-order valence-corrected chi connectivity index (χ1v) is 22.0.